The average molecular weight is 264 g/mol. The molecule has 0 bridgehead atoms. The van der Waals surface area contributed by atoms with Gasteiger partial charge in [-0.2, -0.15) is 0 Å². The third-order valence-electron chi connectivity index (χ3n) is 3.56. The van der Waals surface area contributed by atoms with Gasteiger partial charge in [-0.1, -0.05) is 12.1 Å². The number of furan rings is 1. The molecule has 4 nitrogen and oxygen atoms in total. The minimum Gasteiger partial charge on any atom is -0.472 e. The smallest absolute Gasteiger partial charge is 0.0997 e. The highest BCUT2D eigenvalue weighted by Crippen LogP contribution is 2.32. The molecule has 4 aromatic rings. The van der Waals surface area contributed by atoms with Gasteiger partial charge in [0, 0.05) is 28.0 Å². The topological polar surface area (TPSA) is 62.0 Å². The molecule has 0 atom stereocenters. The van der Waals surface area contributed by atoms with Crippen molar-refractivity contribution in [2.45, 2.75) is 6.61 Å². The number of rotatable bonds is 2. The van der Waals surface area contributed by atoms with Crippen molar-refractivity contribution in [3.8, 4) is 11.3 Å². The molecule has 2 N–H and O–H groups in total. The Kier molecular flexibility index (Phi) is 2.37. The summed E-state index contributed by atoms with van der Waals surface area (Å²) in [5.74, 6) is 0. The zero-order valence-electron chi connectivity index (χ0n) is 10.6. The summed E-state index contributed by atoms with van der Waals surface area (Å²) in [5, 5.41) is 11.5. The zero-order chi connectivity index (χ0) is 13.5. The van der Waals surface area contributed by atoms with Crippen molar-refractivity contribution in [1.29, 1.82) is 0 Å². The minimum atomic E-state index is 0.0398. The van der Waals surface area contributed by atoms with Crippen LogP contribution in [0.4, 0.5) is 0 Å². The van der Waals surface area contributed by atoms with Crippen molar-refractivity contribution in [3.63, 3.8) is 0 Å². The lowest BCUT2D eigenvalue weighted by atomic mass is 10.1. The van der Waals surface area contributed by atoms with E-state index in [0.29, 0.717) is 0 Å². The molecule has 0 spiro atoms. The number of aromatic amines is 1. The van der Waals surface area contributed by atoms with Crippen LogP contribution in [0.3, 0.4) is 0 Å². The van der Waals surface area contributed by atoms with Gasteiger partial charge in [0.2, 0.25) is 0 Å². The van der Waals surface area contributed by atoms with E-state index in [2.05, 4.69) is 9.97 Å². The highest BCUT2D eigenvalue weighted by molar-refractivity contribution is 6.10. The summed E-state index contributed by atoms with van der Waals surface area (Å²) < 4.78 is 5.14. The van der Waals surface area contributed by atoms with E-state index >= 15 is 0 Å². The lowest BCUT2D eigenvalue weighted by Crippen LogP contribution is -1.82. The normalized spacial score (nSPS) is 11.4. The lowest BCUT2D eigenvalue weighted by Gasteiger charge is -1.98. The van der Waals surface area contributed by atoms with Crippen LogP contribution in [-0.2, 0) is 6.61 Å². The highest BCUT2D eigenvalue weighted by atomic mass is 16.3. The Bertz CT molecular complexity index is 892. The molecule has 3 aromatic heterocycles. The Morgan fingerprint density at radius 2 is 2.10 bits per heavy atom. The van der Waals surface area contributed by atoms with E-state index in [9.17, 15) is 5.11 Å². The fourth-order valence-electron chi connectivity index (χ4n) is 2.59. The van der Waals surface area contributed by atoms with Crippen LogP contribution in [0.1, 0.15) is 5.56 Å². The molecule has 0 aliphatic heterocycles. The standard InChI is InChI=1S/C16H12N2O2/c19-8-10-1-2-12-13-3-5-17-15(11-4-6-20-9-11)16(13)18-14(12)7-10/h1-7,9,18-19H,8H2. The molecule has 0 saturated heterocycles. The Hall–Kier alpha value is -2.59. The van der Waals surface area contributed by atoms with Crippen molar-refractivity contribution in [3.05, 3.63) is 54.6 Å². The van der Waals surface area contributed by atoms with Crippen LogP contribution < -0.4 is 0 Å². The molecule has 0 aliphatic carbocycles. The van der Waals surface area contributed by atoms with Crippen LogP contribution in [0.5, 0.6) is 0 Å². The zero-order valence-corrected chi connectivity index (χ0v) is 10.6. The van der Waals surface area contributed by atoms with Gasteiger partial charge in [0.25, 0.3) is 0 Å². The maximum Gasteiger partial charge on any atom is 0.0997 e. The molecule has 0 radical (unpaired) electrons. The van der Waals surface area contributed by atoms with E-state index in [1.807, 2.05) is 30.3 Å². The van der Waals surface area contributed by atoms with E-state index in [0.717, 1.165) is 38.6 Å². The van der Waals surface area contributed by atoms with Crippen molar-refractivity contribution in [2.24, 2.45) is 0 Å². The van der Waals surface area contributed by atoms with E-state index in [-0.39, 0.29) is 6.61 Å². The number of benzene rings is 1. The first-order valence-corrected chi connectivity index (χ1v) is 6.39. The number of nitrogens with zero attached hydrogens (tertiary/aromatic N) is 1. The second kappa shape index (κ2) is 4.21. The molecule has 0 unspecified atom stereocenters. The fraction of sp³-hybridized carbons (Fsp3) is 0.0625. The summed E-state index contributed by atoms with van der Waals surface area (Å²) in [5.41, 5.74) is 4.70. The van der Waals surface area contributed by atoms with Crippen LogP contribution >= 0.6 is 0 Å². The molecule has 4 rings (SSSR count). The van der Waals surface area contributed by atoms with Gasteiger partial charge in [-0.25, -0.2) is 0 Å². The largest absolute Gasteiger partial charge is 0.472 e. The number of fused-ring (bicyclic) bond motifs is 3. The Balaban J connectivity index is 2.08. The van der Waals surface area contributed by atoms with Gasteiger partial charge in [0.1, 0.15) is 0 Å². The Labute approximate surface area is 114 Å². The number of aliphatic hydroxyl groups excluding tert-OH is 1. The molecule has 0 amide bonds. The third-order valence-corrected chi connectivity index (χ3v) is 3.56. The lowest BCUT2D eigenvalue weighted by molar-refractivity contribution is 0.282. The molecule has 4 heteroatoms. The minimum absolute atomic E-state index is 0.0398. The molecule has 0 saturated carbocycles. The summed E-state index contributed by atoms with van der Waals surface area (Å²) in [6.07, 6.45) is 5.13. The van der Waals surface area contributed by atoms with Gasteiger partial charge >= 0.3 is 0 Å². The second-order valence-electron chi connectivity index (χ2n) is 4.76. The number of aliphatic hydroxyl groups is 1. The highest BCUT2D eigenvalue weighted by Gasteiger charge is 2.11. The van der Waals surface area contributed by atoms with Crippen LogP contribution in [0.15, 0.2) is 53.5 Å². The first kappa shape index (κ1) is 11.3. The number of H-pyrrole nitrogens is 1. The Morgan fingerprint density at radius 3 is 2.90 bits per heavy atom. The predicted molar refractivity (Wildman–Crippen MR) is 77.2 cm³/mol. The summed E-state index contributed by atoms with van der Waals surface area (Å²) in [7, 11) is 0. The van der Waals surface area contributed by atoms with Crippen LogP contribution in [-0.4, -0.2) is 15.1 Å². The monoisotopic (exact) mass is 264 g/mol. The summed E-state index contributed by atoms with van der Waals surface area (Å²) in [6, 6.07) is 9.82. The first-order chi connectivity index (χ1) is 9.86. The molecular formula is C16H12N2O2. The molecular weight excluding hydrogens is 252 g/mol. The van der Waals surface area contributed by atoms with E-state index < -0.39 is 0 Å². The average Bonchev–Trinajstić information content (AvgIpc) is 3.13. The maximum absolute atomic E-state index is 9.24. The van der Waals surface area contributed by atoms with Crippen LogP contribution in [0, 0.1) is 0 Å². The van der Waals surface area contributed by atoms with Gasteiger partial charge in [-0.15, -0.1) is 0 Å². The first-order valence-electron chi connectivity index (χ1n) is 6.39. The van der Waals surface area contributed by atoms with Crippen molar-refractivity contribution < 1.29 is 9.52 Å². The summed E-state index contributed by atoms with van der Waals surface area (Å²) in [4.78, 5) is 7.84. The van der Waals surface area contributed by atoms with E-state index in [4.69, 9.17) is 4.42 Å². The molecule has 98 valence electrons. The number of hydrogen-bond acceptors (Lipinski definition) is 3. The SMILES string of the molecule is OCc1ccc2c(c1)[nH]c1c(-c3ccoc3)nccc12. The van der Waals surface area contributed by atoms with Crippen molar-refractivity contribution in [1.82, 2.24) is 9.97 Å². The van der Waals surface area contributed by atoms with Crippen molar-refractivity contribution >= 4 is 21.8 Å². The number of nitrogens with one attached hydrogen (secondary N) is 1. The number of pyridine rings is 1. The Morgan fingerprint density at radius 1 is 1.15 bits per heavy atom. The summed E-state index contributed by atoms with van der Waals surface area (Å²) in [6.45, 7) is 0.0398. The quantitative estimate of drug-likeness (QED) is 0.582. The third kappa shape index (κ3) is 1.55. The van der Waals surface area contributed by atoms with Gasteiger partial charge in [0.15, 0.2) is 0 Å². The second-order valence-corrected chi connectivity index (χ2v) is 4.76. The van der Waals surface area contributed by atoms with Crippen LogP contribution in [0.2, 0.25) is 0 Å². The predicted octanol–water partition coefficient (Wildman–Crippen LogP) is 3.47. The summed E-state index contributed by atoms with van der Waals surface area (Å²) >= 11 is 0. The molecule has 0 aliphatic rings. The molecule has 1 aromatic carbocycles. The molecule has 20 heavy (non-hydrogen) atoms. The maximum atomic E-state index is 9.24. The van der Waals surface area contributed by atoms with E-state index in [1.165, 1.54) is 0 Å². The van der Waals surface area contributed by atoms with Gasteiger partial charge in [-0.3, -0.25) is 4.98 Å². The number of hydrogen-bond donors (Lipinski definition) is 2. The number of aromatic nitrogens is 2. The van der Waals surface area contributed by atoms with Gasteiger partial charge in [0.05, 0.1) is 30.3 Å². The van der Waals surface area contributed by atoms with Gasteiger partial charge in [-0.05, 0) is 23.8 Å². The molecule has 3 heterocycles. The van der Waals surface area contributed by atoms with Gasteiger partial charge < -0.3 is 14.5 Å². The fourth-order valence-corrected chi connectivity index (χ4v) is 2.59. The van der Waals surface area contributed by atoms with Crippen LogP contribution in [0.25, 0.3) is 33.1 Å². The van der Waals surface area contributed by atoms with E-state index in [1.54, 1.807) is 18.7 Å². The van der Waals surface area contributed by atoms with Crippen molar-refractivity contribution in [2.75, 3.05) is 0 Å². The molecule has 0 fully saturated rings.